The van der Waals surface area contributed by atoms with Gasteiger partial charge in [0.05, 0.1) is 11.8 Å². The molecule has 0 radical (unpaired) electrons. The topological polar surface area (TPSA) is 57.9 Å². The Balaban J connectivity index is 2.86. The number of nitrogens with zero attached hydrogens (tertiary/aromatic N) is 1. The third-order valence-electron chi connectivity index (χ3n) is 1.93. The highest BCUT2D eigenvalue weighted by atomic mass is 32.2. The number of nitriles is 1. The molecule has 0 aliphatic rings. The van der Waals surface area contributed by atoms with Gasteiger partial charge in [-0.15, -0.1) is 0 Å². The highest BCUT2D eigenvalue weighted by Crippen LogP contribution is 2.10. The highest BCUT2D eigenvalue weighted by molar-refractivity contribution is 7.91. The maximum atomic E-state index is 11.5. The Labute approximate surface area is 83.9 Å². The number of hydrogen-bond acceptors (Lipinski definition) is 3. The summed E-state index contributed by atoms with van der Waals surface area (Å²) in [6.07, 6.45) is 0. The quantitative estimate of drug-likeness (QED) is 0.758. The number of hydrogen-bond donors (Lipinski definition) is 0. The van der Waals surface area contributed by atoms with Crippen LogP contribution in [0.15, 0.2) is 30.3 Å². The molecule has 0 fully saturated rings. The summed E-state index contributed by atoms with van der Waals surface area (Å²) in [5.74, 6) is -0.0669. The van der Waals surface area contributed by atoms with Gasteiger partial charge in [-0.2, -0.15) is 5.26 Å². The van der Waals surface area contributed by atoms with Crippen molar-refractivity contribution in [2.75, 3.05) is 0 Å². The molecule has 0 heterocycles. The van der Waals surface area contributed by atoms with E-state index in [1.165, 1.54) is 6.92 Å². The van der Waals surface area contributed by atoms with E-state index < -0.39 is 15.1 Å². The van der Waals surface area contributed by atoms with Gasteiger partial charge >= 0.3 is 0 Å². The molecule has 1 atom stereocenters. The van der Waals surface area contributed by atoms with E-state index in [1.54, 1.807) is 30.3 Å². The Morgan fingerprint density at radius 1 is 1.36 bits per heavy atom. The average Bonchev–Trinajstić information content (AvgIpc) is 2.17. The summed E-state index contributed by atoms with van der Waals surface area (Å²) in [6, 6.07) is 10.6. The van der Waals surface area contributed by atoms with Crippen molar-refractivity contribution in [1.29, 1.82) is 5.26 Å². The average molecular weight is 209 g/mol. The lowest BCUT2D eigenvalue weighted by atomic mass is 10.2. The molecular weight excluding hydrogens is 198 g/mol. The fourth-order valence-corrected chi connectivity index (χ4v) is 2.08. The van der Waals surface area contributed by atoms with Crippen LogP contribution in [0.1, 0.15) is 12.5 Å². The molecular formula is C10H11NO2S. The van der Waals surface area contributed by atoms with Crippen LogP contribution in [0.4, 0.5) is 0 Å². The molecule has 0 aliphatic carbocycles. The lowest BCUT2D eigenvalue weighted by Gasteiger charge is -2.04. The first-order chi connectivity index (χ1) is 6.56. The molecule has 14 heavy (non-hydrogen) atoms. The van der Waals surface area contributed by atoms with Gasteiger partial charge in [-0.3, -0.25) is 0 Å². The van der Waals surface area contributed by atoms with Gasteiger partial charge in [0.2, 0.25) is 0 Å². The third kappa shape index (κ3) is 2.57. The molecule has 0 saturated carbocycles. The van der Waals surface area contributed by atoms with Crippen LogP contribution in [0.5, 0.6) is 0 Å². The minimum Gasteiger partial charge on any atom is -0.227 e. The van der Waals surface area contributed by atoms with Gasteiger partial charge in [0.1, 0.15) is 5.25 Å². The van der Waals surface area contributed by atoms with Gasteiger partial charge in [-0.05, 0) is 12.5 Å². The van der Waals surface area contributed by atoms with Gasteiger partial charge in [-0.1, -0.05) is 30.3 Å². The molecule has 3 nitrogen and oxygen atoms in total. The largest absolute Gasteiger partial charge is 0.227 e. The smallest absolute Gasteiger partial charge is 0.170 e. The fraction of sp³-hybridized carbons (Fsp3) is 0.300. The monoisotopic (exact) mass is 209 g/mol. The van der Waals surface area contributed by atoms with E-state index in [2.05, 4.69) is 0 Å². The zero-order valence-corrected chi connectivity index (χ0v) is 8.66. The molecule has 1 aromatic rings. The maximum absolute atomic E-state index is 11.5. The Kier molecular flexibility index (Phi) is 3.26. The van der Waals surface area contributed by atoms with Crippen LogP contribution < -0.4 is 0 Å². The van der Waals surface area contributed by atoms with Crippen LogP contribution in [0.2, 0.25) is 0 Å². The molecule has 1 aromatic carbocycles. The molecule has 0 bridgehead atoms. The van der Waals surface area contributed by atoms with Crippen LogP contribution >= 0.6 is 0 Å². The van der Waals surface area contributed by atoms with E-state index in [1.807, 2.05) is 6.07 Å². The second-order valence-corrected chi connectivity index (χ2v) is 5.39. The number of benzene rings is 1. The second-order valence-electron chi connectivity index (χ2n) is 3.06. The second kappa shape index (κ2) is 4.25. The molecule has 0 amide bonds. The summed E-state index contributed by atoms with van der Waals surface area (Å²) in [5, 5.41) is 7.58. The normalized spacial score (nSPS) is 13.1. The van der Waals surface area contributed by atoms with E-state index in [0.29, 0.717) is 0 Å². The SMILES string of the molecule is CC(C#N)S(=O)(=O)Cc1ccccc1. The Hall–Kier alpha value is -1.34. The molecule has 0 spiro atoms. The minimum atomic E-state index is -3.32. The summed E-state index contributed by atoms with van der Waals surface area (Å²) in [5.41, 5.74) is 0.717. The Morgan fingerprint density at radius 3 is 2.43 bits per heavy atom. The van der Waals surface area contributed by atoms with Gasteiger partial charge in [0.25, 0.3) is 0 Å². The summed E-state index contributed by atoms with van der Waals surface area (Å²) < 4.78 is 23.0. The van der Waals surface area contributed by atoms with Crippen LogP contribution in [-0.2, 0) is 15.6 Å². The number of rotatable bonds is 3. The van der Waals surface area contributed by atoms with Crippen molar-refractivity contribution in [2.24, 2.45) is 0 Å². The minimum absolute atomic E-state index is 0.0669. The molecule has 0 aliphatic heterocycles. The molecule has 0 aromatic heterocycles. The lowest BCUT2D eigenvalue weighted by molar-refractivity contribution is 0.591. The van der Waals surface area contributed by atoms with E-state index >= 15 is 0 Å². The van der Waals surface area contributed by atoms with E-state index in [0.717, 1.165) is 5.56 Å². The van der Waals surface area contributed by atoms with Crippen molar-refractivity contribution in [3.8, 4) is 6.07 Å². The fourth-order valence-electron chi connectivity index (χ4n) is 1.01. The molecule has 74 valence electrons. The van der Waals surface area contributed by atoms with Gasteiger partial charge in [-0.25, -0.2) is 8.42 Å². The first kappa shape index (κ1) is 10.7. The maximum Gasteiger partial charge on any atom is 0.170 e. The first-order valence-corrected chi connectivity index (χ1v) is 5.93. The number of sulfone groups is 1. The molecule has 1 rings (SSSR count). The summed E-state index contributed by atoms with van der Waals surface area (Å²) >= 11 is 0. The Morgan fingerprint density at radius 2 is 1.93 bits per heavy atom. The van der Waals surface area contributed by atoms with Crippen molar-refractivity contribution >= 4 is 9.84 Å². The van der Waals surface area contributed by atoms with E-state index in [4.69, 9.17) is 5.26 Å². The van der Waals surface area contributed by atoms with Gasteiger partial charge in [0, 0.05) is 0 Å². The molecule has 4 heteroatoms. The summed E-state index contributed by atoms with van der Waals surface area (Å²) in [7, 11) is -3.32. The van der Waals surface area contributed by atoms with E-state index in [-0.39, 0.29) is 5.75 Å². The molecule has 0 N–H and O–H groups in total. The van der Waals surface area contributed by atoms with Gasteiger partial charge < -0.3 is 0 Å². The van der Waals surface area contributed by atoms with Crippen molar-refractivity contribution in [3.05, 3.63) is 35.9 Å². The van der Waals surface area contributed by atoms with Crippen LogP contribution in [-0.4, -0.2) is 13.7 Å². The summed E-state index contributed by atoms with van der Waals surface area (Å²) in [6.45, 7) is 1.40. The Bertz CT molecular complexity index is 431. The lowest BCUT2D eigenvalue weighted by Crippen LogP contribution is -2.17. The van der Waals surface area contributed by atoms with Crippen LogP contribution in [0.25, 0.3) is 0 Å². The van der Waals surface area contributed by atoms with Crippen LogP contribution in [0, 0.1) is 11.3 Å². The van der Waals surface area contributed by atoms with Crippen molar-refractivity contribution in [3.63, 3.8) is 0 Å². The van der Waals surface area contributed by atoms with Gasteiger partial charge in [0.15, 0.2) is 9.84 Å². The zero-order valence-electron chi connectivity index (χ0n) is 7.84. The third-order valence-corrected chi connectivity index (χ3v) is 3.85. The zero-order chi connectivity index (χ0) is 10.6. The summed E-state index contributed by atoms with van der Waals surface area (Å²) in [4.78, 5) is 0. The van der Waals surface area contributed by atoms with Crippen LogP contribution in [0.3, 0.4) is 0 Å². The first-order valence-electron chi connectivity index (χ1n) is 4.21. The predicted molar refractivity (Wildman–Crippen MR) is 54.1 cm³/mol. The highest BCUT2D eigenvalue weighted by Gasteiger charge is 2.20. The van der Waals surface area contributed by atoms with Crippen molar-refractivity contribution in [1.82, 2.24) is 0 Å². The van der Waals surface area contributed by atoms with Crippen molar-refractivity contribution < 1.29 is 8.42 Å². The van der Waals surface area contributed by atoms with E-state index in [9.17, 15) is 8.42 Å². The molecule has 1 unspecified atom stereocenters. The standard InChI is InChI=1S/C10H11NO2S/c1-9(7-11)14(12,13)8-10-5-3-2-4-6-10/h2-6,9H,8H2,1H3. The molecule has 0 saturated heterocycles. The van der Waals surface area contributed by atoms with Crippen molar-refractivity contribution in [2.45, 2.75) is 17.9 Å². The predicted octanol–water partition coefficient (Wildman–Crippen LogP) is 1.51.